The van der Waals surface area contributed by atoms with Crippen molar-refractivity contribution in [3.8, 4) is 0 Å². The molecule has 2 aromatic heterocycles. The third-order valence-corrected chi connectivity index (χ3v) is 5.68. The lowest BCUT2D eigenvalue weighted by Gasteiger charge is -2.17. The number of carbonyl (C=O) groups excluding carboxylic acids is 1. The Balaban J connectivity index is 1.38. The van der Waals surface area contributed by atoms with Crippen LogP contribution in [-0.4, -0.2) is 33.9 Å². The first-order valence-electron chi connectivity index (χ1n) is 10.4. The highest BCUT2D eigenvalue weighted by molar-refractivity contribution is 6.30. The number of amides is 1. The fraction of sp³-hybridized carbons (Fsp3) is 0.292. The Morgan fingerprint density at radius 1 is 1.26 bits per heavy atom. The molecule has 31 heavy (non-hydrogen) atoms. The largest absolute Gasteiger partial charge is 0.342 e. The third-order valence-electron chi connectivity index (χ3n) is 5.45. The second-order valence-corrected chi connectivity index (χ2v) is 8.30. The highest BCUT2D eigenvalue weighted by atomic mass is 35.5. The van der Waals surface area contributed by atoms with Crippen molar-refractivity contribution in [1.29, 1.82) is 0 Å². The molecule has 4 rings (SSSR count). The molecule has 7 heteroatoms. The number of nitrogens with one attached hydrogen (secondary N) is 1. The maximum Gasteiger partial charge on any atom is 0.222 e. The van der Waals surface area contributed by atoms with Crippen molar-refractivity contribution in [2.75, 3.05) is 18.4 Å². The molecule has 160 valence electrons. The van der Waals surface area contributed by atoms with Gasteiger partial charge >= 0.3 is 0 Å². The van der Waals surface area contributed by atoms with E-state index >= 15 is 0 Å². The molecule has 1 aliphatic heterocycles. The number of hydrogen-bond donors (Lipinski definition) is 1. The lowest BCUT2D eigenvalue weighted by molar-refractivity contribution is -0.130. The topological polar surface area (TPSA) is 58.1 Å². The number of benzene rings is 1. The molecule has 1 N–H and O–H groups in total. The summed E-state index contributed by atoms with van der Waals surface area (Å²) in [5.41, 5.74) is 3.76. The number of nitrogens with zero attached hydrogens (tertiary/aromatic N) is 3. The molecule has 1 atom stereocenters. The molecule has 1 aliphatic rings. The average molecular weight is 439 g/mol. The van der Waals surface area contributed by atoms with Crippen molar-refractivity contribution in [3.05, 3.63) is 82.5 Å². The zero-order valence-corrected chi connectivity index (χ0v) is 18.1. The molecule has 3 aromatic rings. The first kappa shape index (κ1) is 21.2. The normalized spacial score (nSPS) is 15.8. The number of aromatic nitrogens is 2. The molecule has 0 bridgehead atoms. The van der Waals surface area contributed by atoms with E-state index in [9.17, 15) is 9.18 Å². The minimum atomic E-state index is -0.372. The van der Waals surface area contributed by atoms with Gasteiger partial charge in [0.15, 0.2) is 0 Å². The van der Waals surface area contributed by atoms with Crippen molar-refractivity contribution >= 4 is 29.0 Å². The second-order valence-electron chi connectivity index (χ2n) is 7.86. The molecule has 5 nitrogen and oxygen atoms in total. The zero-order valence-electron chi connectivity index (χ0n) is 17.3. The maximum atomic E-state index is 13.1. The van der Waals surface area contributed by atoms with Crippen LogP contribution in [0.15, 0.2) is 54.7 Å². The number of aryl methyl sites for hydroxylation is 2. The molecular weight excluding hydrogens is 415 g/mol. The van der Waals surface area contributed by atoms with Crippen molar-refractivity contribution in [1.82, 2.24) is 14.9 Å². The van der Waals surface area contributed by atoms with E-state index in [1.165, 1.54) is 12.3 Å². The number of halogens is 2. The van der Waals surface area contributed by atoms with Gasteiger partial charge in [0.1, 0.15) is 11.6 Å². The molecule has 0 spiro atoms. The van der Waals surface area contributed by atoms with Gasteiger partial charge in [-0.05, 0) is 61.7 Å². The summed E-state index contributed by atoms with van der Waals surface area (Å²) in [6.45, 7) is 3.34. The van der Waals surface area contributed by atoms with E-state index in [4.69, 9.17) is 16.6 Å². The molecule has 3 heterocycles. The van der Waals surface area contributed by atoms with Gasteiger partial charge < -0.3 is 10.2 Å². The van der Waals surface area contributed by atoms with E-state index in [-0.39, 0.29) is 17.6 Å². The Morgan fingerprint density at radius 2 is 2.13 bits per heavy atom. The quantitative estimate of drug-likeness (QED) is 0.569. The van der Waals surface area contributed by atoms with Crippen LogP contribution in [0, 0.1) is 12.7 Å². The molecule has 0 aliphatic carbocycles. The van der Waals surface area contributed by atoms with Gasteiger partial charge in [-0.1, -0.05) is 23.7 Å². The number of rotatable bonds is 6. The fourth-order valence-electron chi connectivity index (χ4n) is 3.90. The van der Waals surface area contributed by atoms with E-state index < -0.39 is 0 Å². The fourth-order valence-corrected chi connectivity index (χ4v) is 4.12. The monoisotopic (exact) mass is 438 g/mol. The molecule has 1 fully saturated rings. The number of likely N-dealkylation sites (tertiary alicyclic amines) is 1. The lowest BCUT2D eigenvalue weighted by Crippen LogP contribution is -2.28. The van der Waals surface area contributed by atoms with Gasteiger partial charge in [-0.25, -0.2) is 9.37 Å². The van der Waals surface area contributed by atoms with E-state index in [1.807, 2.05) is 48.2 Å². The van der Waals surface area contributed by atoms with Crippen molar-refractivity contribution in [3.63, 3.8) is 0 Å². The number of anilines is 2. The summed E-state index contributed by atoms with van der Waals surface area (Å²) in [6.07, 6.45) is 3.22. The van der Waals surface area contributed by atoms with Crippen LogP contribution in [0.1, 0.15) is 35.7 Å². The van der Waals surface area contributed by atoms with Crippen molar-refractivity contribution < 1.29 is 9.18 Å². The minimum absolute atomic E-state index is 0.156. The van der Waals surface area contributed by atoms with Crippen LogP contribution < -0.4 is 5.32 Å². The third kappa shape index (κ3) is 5.58. The Hall–Kier alpha value is -2.99. The van der Waals surface area contributed by atoms with Crippen LogP contribution in [-0.2, 0) is 11.2 Å². The van der Waals surface area contributed by atoms with Gasteiger partial charge in [-0.2, -0.15) is 0 Å². The summed E-state index contributed by atoms with van der Waals surface area (Å²) in [6, 6.07) is 14.5. The minimum Gasteiger partial charge on any atom is -0.342 e. The summed E-state index contributed by atoms with van der Waals surface area (Å²) in [5, 5.41) is 3.90. The molecule has 1 saturated heterocycles. The van der Waals surface area contributed by atoms with Gasteiger partial charge in [0.05, 0.1) is 6.20 Å². The van der Waals surface area contributed by atoms with E-state index in [1.54, 1.807) is 6.07 Å². The van der Waals surface area contributed by atoms with Crippen molar-refractivity contribution in [2.45, 2.75) is 32.1 Å². The molecule has 1 aromatic carbocycles. The first-order chi connectivity index (χ1) is 15.0. The molecule has 0 unspecified atom stereocenters. The summed E-state index contributed by atoms with van der Waals surface area (Å²) < 4.78 is 13.1. The van der Waals surface area contributed by atoms with Gasteiger partial charge in [-0.3, -0.25) is 9.78 Å². The summed E-state index contributed by atoms with van der Waals surface area (Å²) >= 11 is 6.03. The number of pyridine rings is 2. The van der Waals surface area contributed by atoms with Gasteiger partial charge in [0.25, 0.3) is 0 Å². The second kappa shape index (κ2) is 9.43. The lowest BCUT2D eigenvalue weighted by atomic mass is 10.0. The van der Waals surface area contributed by atoms with Crippen LogP contribution in [0.2, 0.25) is 5.02 Å². The van der Waals surface area contributed by atoms with Crippen LogP contribution in [0.5, 0.6) is 0 Å². The predicted molar refractivity (Wildman–Crippen MR) is 120 cm³/mol. The SMILES string of the molecule is Cc1cc(Nc2ccc(F)cn2)cc([C@H]2CCN(C(=O)CCc3cccc(Cl)c3)C2)n1. The van der Waals surface area contributed by atoms with Crippen molar-refractivity contribution in [2.24, 2.45) is 0 Å². The number of hydrogen-bond acceptors (Lipinski definition) is 4. The van der Waals surface area contributed by atoms with Gasteiger partial charge in [0, 0.05) is 47.5 Å². The van der Waals surface area contributed by atoms with Crippen LogP contribution >= 0.6 is 11.6 Å². The summed E-state index contributed by atoms with van der Waals surface area (Å²) in [7, 11) is 0. The standard InChI is InChI=1S/C24H24ClFN4O/c1-16-11-21(29-23-7-6-20(26)14-27-23)13-22(28-16)18-9-10-30(15-18)24(31)8-5-17-3-2-4-19(25)12-17/h2-4,6-7,11-14,18H,5,8-10,15H2,1H3,(H,27,28,29)/t18-/m0/s1. The Kier molecular flexibility index (Phi) is 6.47. The molecule has 0 radical (unpaired) electrons. The predicted octanol–water partition coefficient (Wildman–Crippen LogP) is 5.27. The smallest absolute Gasteiger partial charge is 0.222 e. The van der Waals surface area contributed by atoms with Crippen LogP contribution in [0.3, 0.4) is 0 Å². The van der Waals surface area contributed by atoms with E-state index in [2.05, 4.69) is 10.3 Å². The highest BCUT2D eigenvalue weighted by Crippen LogP contribution is 2.29. The Morgan fingerprint density at radius 3 is 2.90 bits per heavy atom. The van der Waals surface area contributed by atoms with E-state index in [0.717, 1.165) is 35.6 Å². The molecular formula is C24H24ClFN4O. The van der Waals surface area contributed by atoms with Crippen LogP contribution in [0.4, 0.5) is 15.9 Å². The Labute approximate surface area is 186 Å². The Bertz CT molecular complexity index is 1070. The van der Waals surface area contributed by atoms with Gasteiger partial charge in [-0.15, -0.1) is 0 Å². The van der Waals surface area contributed by atoms with Gasteiger partial charge in [0.2, 0.25) is 5.91 Å². The molecule has 0 saturated carbocycles. The van der Waals surface area contributed by atoms with Crippen LogP contribution in [0.25, 0.3) is 0 Å². The summed E-state index contributed by atoms with van der Waals surface area (Å²) in [5.74, 6) is 0.547. The maximum absolute atomic E-state index is 13.1. The van der Waals surface area contributed by atoms with E-state index in [0.29, 0.717) is 30.2 Å². The highest BCUT2D eigenvalue weighted by Gasteiger charge is 2.28. The zero-order chi connectivity index (χ0) is 21.8. The number of carbonyl (C=O) groups is 1. The summed E-state index contributed by atoms with van der Waals surface area (Å²) in [4.78, 5) is 23.4. The molecule has 1 amide bonds. The first-order valence-corrected chi connectivity index (χ1v) is 10.7. The average Bonchev–Trinajstić information content (AvgIpc) is 3.24.